The summed E-state index contributed by atoms with van der Waals surface area (Å²) in [5.74, 6) is -1.76. The molecule has 20 heavy (non-hydrogen) atoms. The first kappa shape index (κ1) is 16.3. The smallest absolute Gasteiger partial charge is 0.319 e. The number of nitrogens with one attached hydrogen (secondary N) is 1. The van der Waals surface area contributed by atoms with Crippen molar-refractivity contribution < 1.29 is 19.5 Å². The van der Waals surface area contributed by atoms with Crippen LogP contribution >= 0.6 is 0 Å². The number of nitrogens with zero attached hydrogens (tertiary/aromatic N) is 2. The van der Waals surface area contributed by atoms with Gasteiger partial charge in [-0.15, -0.1) is 0 Å². The zero-order valence-corrected chi connectivity index (χ0v) is 12.3. The van der Waals surface area contributed by atoms with Gasteiger partial charge in [0, 0.05) is 39.6 Å². The third kappa shape index (κ3) is 4.40. The number of hydrogen-bond donors (Lipinski definition) is 2. The number of amides is 3. The highest BCUT2D eigenvalue weighted by Crippen LogP contribution is 2.18. The van der Waals surface area contributed by atoms with Gasteiger partial charge in [-0.2, -0.15) is 0 Å². The molecule has 3 amide bonds. The van der Waals surface area contributed by atoms with E-state index in [-0.39, 0.29) is 24.4 Å². The van der Waals surface area contributed by atoms with E-state index in [1.807, 2.05) is 0 Å². The molecule has 0 saturated carbocycles. The minimum Gasteiger partial charge on any atom is -0.481 e. The van der Waals surface area contributed by atoms with Gasteiger partial charge in [-0.25, -0.2) is 4.79 Å². The summed E-state index contributed by atoms with van der Waals surface area (Å²) in [4.78, 5) is 37.6. The van der Waals surface area contributed by atoms with Crippen LogP contribution in [-0.2, 0) is 9.59 Å². The second-order valence-electron chi connectivity index (χ2n) is 5.42. The van der Waals surface area contributed by atoms with Crippen molar-refractivity contribution >= 4 is 17.9 Å². The van der Waals surface area contributed by atoms with E-state index in [9.17, 15) is 14.4 Å². The van der Waals surface area contributed by atoms with E-state index in [1.54, 1.807) is 25.9 Å². The van der Waals surface area contributed by atoms with Crippen molar-refractivity contribution in [3.63, 3.8) is 0 Å². The summed E-state index contributed by atoms with van der Waals surface area (Å²) in [6, 6.07) is -0.0386. The number of hydrogen-bond acceptors (Lipinski definition) is 3. The Bertz CT molecular complexity index is 376. The standard InChI is InChI=1S/C13H23N3O4/c1-9(12(18)19)8-14-11(17)10-4-6-16(7-5-10)13(20)15(2)3/h9-10H,4-8H2,1-3H3,(H,14,17)(H,18,19). The lowest BCUT2D eigenvalue weighted by molar-refractivity contribution is -0.141. The van der Waals surface area contributed by atoms with Crippen LogP contribution in [0.25, 0.3) is 0 Å². The van der Waals surface area contributed by atoms with Gasteiger partial charge in [0.25, 0.3) is 0 Å². The molecule has 114 valence electrons. The fraction of sp³-hybridized carbons (Fsp3) is 0.769. The van der Waals surface area contributed by atoms with Crippen LogP contribution in [0.4, 0.5) is 4.79 Å². The van der Waals surface area contributed by atoms with Gasteiger partial charge in [0.05, 0.1) is 5.92 Å². The fourth-order valence-corrected chi connectivity index (χ4v) is 2.10. The number of likely N-dealkylation sites (tertiary alicyclic amines) is 1. The second-order valence-corrected chi connectivity index (χ2v) is 5.42. The van der Waals surface area contributed by atoms with Crippen molar-refractivity contribution in [2.24, 2.45) is 11.8 Å². The molecule has 0 aromatic carbocycles. The number of urea groups is 1. The van der Waals surface area contributed by atoms with Crippen molar-refractivity contribution in [2.75, 3.05) is 33.7 Å². The molecule has 0 aromatic heterocycles. The Morgan fingerprint density at radius 3 is 2.30 bits per heavy atom. The molecule has 1 aliphatic heterocycles. The van der Waals surface area contributed by atoms with E-state index < -0.39 is 11.9 Å². The van der Waals surface area contributed by atoms with Gasteiger partial charge in [-0.3, -0.25) is 9.59 Å². The lowest BCUT2D eigenvalue weighted by Crippen LogP contribution is -2.47. The maximum absolute atomic E-state index is 11.9. The molecule has 1 atom stereocenters. The predicted octanol–water partition coefficient (Wildman–Crippen LogP) is 0.217. The van der Waals surface area contributed by atoms with Crippen LogP contribution in [0.1, 0.15) is 19.8 Å². The molecule has 1 unspecified atom stereocenters. The summed E-state index contributed by atoms with van der Waals surface area (Å²) in [5.41, 5.74) is 0. The fourth-order valence-electron chi connectivity index (χ4n) is 2.10. The van der Waals surface area contributed by atoms with Crippen LogP contribution in [0.15, 0.2) is 0 Å². The van der Waals surface area contributed by atoms with Crippen molar-refractivity contribution in [3.05, 3.63) is 0 Å². The zero-order chi connectivity index (χ0) is 15.3. The van der Waals surface area contributed by atoms with Gasteiger partial charge in [-0.05, 0) is 12.8 Å². The molecule has 1 heterocycles. The Labute approximate surface area is 118 Å². The van der Waals surface area contributed by atoms with Crippen molar-refractivity contribution in [1.29, 1.82) is 0 Å². The Balaban J connectivity index is 2.36. The first-order valence-corrected chi connectivity index (χ1v) is 6.79. The molecular weight excluding hydrogens is 262 g/mol. The van der Waals surface area contributed by atoms with Crippen LogP contribution in [0.3, 0.4) is 0 Å². The van der Waals surface area contributed by atoms with Crippen molar-refractivity contribution in [1.82, 2.24) is 15.1 Å². The summed E-state index contributed by atoms with van der Waals surface area (Å²) in [6.07, 6.45) is 1.24. The average Bonchev–Trinajstić information content (AvgIpc) is 2.43. The van der Waals surface area contributed by atoms with E-state index in [2.05, 4.69) is 5.32 Å². The predicted molar refractivity (Wildman–Crippen MR) is 73.2 cm³/mol. The number of carboxylic acid groups (broad SMARTS) is 1. The topological polar surface area (TPSA) is 90.0 Å². The number of carbonyl (C=O) groups is 3. The molecule has 1 rings (SSSR count). The highest BCUT2D eigenvalue weighted by Gasteiger charge is 2.28. The van der Waals surface area contributed by atoms with Gasteiger partial charge in [0.15, 0.2) is 0 Å². The SMILES string of the molecule is CC(CNC(=O)C1CCN(C(=O)N(C)C)CC1)C(=O)O. The molecule has 0 bridgehead atoms. The van der Waals surface area contributed by atoms with Crippen molar-refractivity contribution in [2.45, 2.75) is 19.8 Å². The van der Waals surface area contributed by atoms with Gasteiger partial charge in [0.1, 0.15) is 0 Å². The Hall–Kier alpha value is -1.79. The molecule has 1 saturated heterocycles. The highest BCUT2D eigenvalue weighted by molar-refractivity contribution is 5.80. The summed E-state index contributed by atoms with van der Waals surface area (Å²) < 4.78 is 0. The number of aliphatic carboxylic acids is 1. The monoisotopic (exact) mass is 285 g/mol. The summed E-state index contributed by atoms with van der Waals surface area (Å²) >= 11 is 0. The third-order valence-corrected chi connectivity index (χ3v) is 3.52. The maximum Gasteiger partial charge on any atom is 0.319 e. The first-order chi connectivity index (χ1) is 9.32. The lowest BCUT2D eigenvalue weighted by Gasteiger charge is -2.33. The molecule has 0 aliphatic carbocycles. The number of carboxylic acids is 1. The first-order valence-electron chi connectivity index (χ1n) is 6.79. The molecule has 0 aromatic rings. The quantitative estimate of drug-likeness (QED) is 0.773. The summed E-state index contributed by atoms with van der Waals surface area (Å²) in [5, 5.41) is 11.4. The van der Waals surface area contributed by atoms with Gasteiger partial charge in [0.2, 0.25) is 5.91 Å². The van der Waals surface area contributed by atoms with Gasteiger partial charge >= 0.3 is 12.0 Å². The number of piperidine rings is 1. The largest absolute Gasteiger partial charge is 0.481 e. The zero-order valence-electron chi connectivity index (χ0n) is 12.3. The molecule has 7 heteroatoms. The van der Waals surface area contributed by atoms with Gasteiger partial charge in [-0.1, -0.05) is 6.92 Å². The average molecular weight is 285 g/mol. The van der Waals surface area contributed by atoms with E-state index in [0.717, 1.165) is 0 Å². The van der Waals surface area contributed by atoms with Crippen LogP contribution in [0.2, 0.25) is 0 Å². The van der Waals surface area contributed by atoms with Crippen LogP contribution < -0.4 is 5.32 Å². The highest BCUT2D eigenvalue weighted by atomic mass is 16.4. The van der Waals surface area contributed by atoms with Crippen molar-refractivity contribution in [3.8, 4) is 0 Å². The molecule has 7 nitrogen and oxygen atoms in total. The molecular formula is C13H23N3O4. The Morgan fingerprint density at radius 2 is 1.85 bits per heavy atom. The van der Waals surface area contributed by atoms with E-state index in [1.165, 1.54) is 4.90 Å². The minimum atomic E-state index is -0.920. The summed E-state index contributed by atoms with van der Waals surface area (Å²) in [7, 11) is 3.41. The normalized spacial score (nSPS) is 17.4. The van der Waals surface area contributed by atoms with Crippen LogP contribution in [0, 0.1) is 11.8 Å². The third-order valence-electron chi connectivity index (χ3n) is 3.52. The Morgan fingerprint density at radius 1 is 1.30 bits per heavy atom. The Kier molecular flexibility index (Phi) is 5.79. The second kappa shape index (κ2) is 7.12. The molecule has 1 fully saturated rings. The minimum absolute atomic E-state index is 0.0386. The van der Waals surface area contributed by atoms with E-state index in [4.69, 9.17) is 5.11 Å². The van der Waals surface area contributed by atoms with E-state index >= 15 is 0 Å². The lowest BCUT2D eigenvalue weighted by atomic mass is 9.96. The number of rotatable bonds is 4. The molecule has 0 radical (unpaired) electrons. The summed E-state index contributed by atoms with van der Waals surface area (Å²) in [6.45, 7) is 2.82. The molecule has 2 N–H and O–H groups in total. The van der Waals surface area contributed by atoms with Gasteiger partial charge < -0.3 is 20.2 Å². The maximum atomic E-state index is 11.9. The van der Waals surface area contributed by atoms with E-state index in [0.29, 0.717) is 25.9 Å². The van der Waals surface area contributed by atoms with Crippen LogP contribution in [0.5, 0.6) is 0 Å². The number of carbonyl (C=O) groups excluding carboxylic acids is 2. The van der Waals surface area contributed by atoms with Crippen LogP contribution in [-0.4, -0.2) is 66.5 Å². The molecule has 0 spiro atoms. The molecule has 1 aliphatic rings.